The van der Waals surface area contributed by atoms with Crippen LogP contribution in [0.4, 0.5) is 14.9 Å². The zero-order valence-corrected chi connectivity index (χ0v) is 20.6. The maximum absolute atomic E-state index is 13.1. The topological polar surface area (TPSA) is 102 Å². The van der Waals surface area contributed by atoms with Crippen LogP contribution in [0.5, 0.6) is 5.75 Å². The molecule has 3 aromatic carbocycles. The molecule has 0 bridgehead atoms. The molecule has 188 valence electrons. The molecule has 0 aliphatic carbocycles. The maximum atomic E-state index is 13.1. The summed E-state index contributed by atoms with van der Waals surface area (Å²) in [6, 6.07) is 13.1. The number of hydrogen-bond donors (Lipinski definition) is 1. The summed E-state index contributed by atoms with van der Waals surface area (Å²) in [7, 11) is 1.23. The number of methoxy groups -OCH3 is 1. The number of nitrogens with one attached hydrogen (secondary N) is 1. The third-order valence-corrected chi connectivity index (χ3v) is 5.84. The second kappa shape index (κ2) is 10.8. The molecule has 1 aliphatic rings. The highest BCUT2D eigenvalue weighted by Crippen LogP contribution is 2.36. The molecule has 1 aliphatic heterocycles. The van der Waals surface area contributed by atoms with Crippen molar-refractivity contribution < 1.29 is 33.0 Å². The Balaban J connectivity index is 1.58. The first kappa shape index (κ1) is 25.9. The fourth-order valence-corrected chi connectivity index (χ4v) is 4.07. The van der Waals surface area contributed by atoms with E-state index in [1.165, 1.54) is 61.7 Å². The van der Waals surface area contributed by atoms with E-state index in [4.69, 9.17) is 27.9 Å². The average Bonchev–Trinajstić information content (AvgIpc) is 2.87. The molecular weight excluding hydrogens is 526 g/mol. The molecule has 1 saturated heterocycles. The molecule has 37 heavy (non-hydrogen) atoms. The molecule has 1 N–H and O–H groups in total. The minimum atomic E-state index is -0.946. The van der Waals surface area contributed by atoms with Gasteiger partial charge in [-0.1, -0.05) is 35.3 Å². The van der Waals surface area contributed by atoms with Gasteiger partial charge in [0.2, 0.25) is 0 Å². The number of esters is 1. The number of carbonyl (C=O) groups is 4. The van der Waals surface area contributed by atoms with Gasteiger partial charge in [-0.05, 0) is 65.7 Å². The summed E-state index contributed by atoms with van der Waals surface area (Å²) in [4.78, 5) is 50.4. The summed E-state index contributed by atoms with van der Waals surface area (Å²) >= 11 is 12.7. The van der Waals surface area contributed by atoms with Crippen LogP contribution in [0.15, 0.2) is 66.2 Å². The summed E-state index contributed by atoms with van der Waals surface area (Å²) in [5.41, 5.74) is 0.999. The van der Waals surface area contributed by atoms with Crippen molar-refractivity contribution in [3.8, 4) is 5.75 Å². The Labute approximate surface area is 220 Å². The number of ether oxygens (including phenoxy) is 2. The van der Waals surface area contributed by atoms with Crippen molar-refractivity contribution in [2.45, 2.75) is 6.61 Å². The molecular formula is C26H17Cl2FN2O6. The molecule has 1 fully saturated rings. The van der Waals surface area contributed by atoms with Crippen LogP contribution in [-0.2, 0) is 20.9 Å². The fraction of sp³-hybridized carbons (Fsp3) is 0.0769. The molecule has 0 aromatic heterocycles. The molecule has 8 nitrogen and oxygen atoms in total. The van der Waals surface area contributed by atoms with Crippen LogP contribution in [-0.4, -0.2) is 30.9 Å². The van der Waals surface area contributed by atoms with E-state index in [2.05, 4.69) is 10.1 Å². The number of hydrogen-bond acceptors (Lipinski definition) is 6. The smallest absolute Gasteiger partial charge is 0.337 e. The number of amides is 4. The number of carbonyl (C=O) groups excluding carboxylic acids is 4. The van der Waals surface area contributed by atoms with Crippen molar-refractivity contribution >= 4 is 58.8 Å². The first-order valence-corrected chi connectivity index (χ1v) is 11.4. The van der Waals surface area contributed by atoms with Gasteiger partial charge in [-0.3, -0.25) is 14.9 Å². The average molecular weight is 543 g/mol. The third kappa shape index (κ3) is 5.63. The van der Waals surface area contributed by atoms with Crippen molar-refractivity contribution in [1.29, 1.82) is 0 Å². The number of imide groups is 2. The van der Waals surface area contributed by atoms with Gasteiger partial charge in [-0.15, -0.1) is 0 Å². The van der Waals surface area contributed by atoms with Gasteiger partial charge in [0.15, 0.2) is 5.75 Å². The van der Waals surface area contributed by atoms with Gasteiger partial charge in [0.1, 0.15) is 18.0 Å². The third-order valence-electron chi connectivity index (χ3n) is 5.28. The Morgan fingerprint density at radius 3 is 2.22 bits per heavy atom. The monoisotopic (exact) mass is 542 g/mol. The predicted octanol–water partition coefficient (Wildman–Crippen LogP) is 5.16. The second-order valence-electron chi connectivity index (χ2n) is 7.73. The molecule has 0 spiro atoms. The van der Waals surface area contributed by atoms with E-state index in [0.717, 1.165) is 4.90 Å². The number of rotatable bonds is 6. The van der Waals surface area contributed by atoms with Crippen molar-refractivity contribution in [3.63, 3.8) is 0 Å². The number of halogens is 3. The lowest BCUT2D eigenvalue weighted by molar-refractivity contribution is -0.122. The zero-order valence-electron chi connectivity index (χ0n) is 19.1. The number of anilines is 1. The van der Waals surface area contributed by atoms with E-state index in [1.54, 1.807) is 12.1 Å². The summed E-state index contributed by atoms with van der Waals surface area (Å²) < 4.78 is 23.4. The van der Waals surface area contributed by atoms with Crippen LogP contribution in [0, 0.1) is 5.82 Å². The molecule has 4 rings (SSSR count). The van der Waals surface area contributed by atoms with E-state index >= 15 is 0 Å². The van der Waals surface area contributed by atoms with E-state index in [0.29, 0.717) is 11.1 Å². The minimum Gasteiger partial charge on any atom is -0.486 e. The molecule has 4 amide bonds. The van der Waals surface area contributed by atoms with E-state index in [9.17, 15) is 23.6 Å². The first-order chi connectivity index (χ1) is 17.7. The largest absolute Gasteiger partial charge is 0.486 e. The van der Waals surface area contributed by atoms with Crippen LogP contribution < -0.4 is 15.0 Å². The normalized spacial score (nSPS) is 14.5. The van der Waals surface area contributed by atoms with E-state index in [1.807, 2.05) is 0 Å². The van der Waals surface area contributed by atoms with E-state index < -0.39 is 23.8 Å². The summed E-state index contributed by atoms with van der Waals surface area (Å²) in [5, 5.41) is 2.33. The predicted molar refractivity (Wildman–Crippen MR) is 134 cm³/mol. The van der Waals surface area contributed by atoms with Gasteiger partial charge in [-0.2, -0.15) is 0 Å². The Bertz CT molecular complexity index is 1420. The highest BCUT2D eigenvalue weighted by Gasteiger charge is 2.37. The lowest BCUT2D eigenvalue weighted by Crippen LogP contribution is -2.54. The second-order valence-corrected chi connectivity index (χ2v) is 8.54. The van der Waals surface area contributed by atoms with Crippen LogP contribution >= 0.6 is 23.2 Å². The first-order valence-electron chi connectivity index (χ1n) is 10.6. The SMILES string of the molecule is COC(=O)c1ccc(N2C(=O)NC(=O)/C(=C\c3cc(Cl)c(OCc4ccc(F)cc4)c(Cl)c3)C2=O)cc1. The van der Waals surface area contributed by atoms with Crippen LogP contribution in [0.1, 0.15) is 21.5 Å². The number of urea groups is 1. The van der Waals surface area contributed by atoms with Gasteiger partial charge in [-0.25, -0.2) is 18.9 Å². The van der Waals surface area contributed by atoms with Crippen molar-refractivity contribution in [2.75, 3.05) is 12.0 Å². The molecule has 0 saturated carbocycles. The Morgan fingerprint density at radius 1 is 1.00 bits per heavy atom. The minimum absolute atomic E-state index is 0.0763. The van der Waals surface area contributed by atoms with Crippen LogP contribution in [0.25, 0.3) is 6.08 Å². The lowest BCUT2D eigenvalue weighted by Gasteiger charge is -2.26. The Hall–Kier alpha value is -4.21. The molecule has 0 radical (unpaired) electrons. The van der Waals surface area contributed by atoms with Crippen molar-refractivity contribution in [3.05, 3.63) is 98.8 Å². The van der Waals surface area contributed by atoms with Gasteiger partial charge < -0.3 is 9.47 Å². The molecule has 3 aromatic rings. The number of benzene rings is 3. The summed E-state index contributed by atoms with van der Waals surface area (Å²) in [6.45, 7) is 0.0763. The van der Waals surface area contributed by atoms with Crippen LogP contribution in [0.3, 0.4) is 0 Å². The van der Waals surface area contributed by atoms with Gasteiger partial charge >= 0.3 is 12.0 Å². The molecule has 0 atom stereocenters. The summed E-state index contributed by atoms with van der Waals surface area (Å²) in [5.74, 6) is -2.59. The molecule has 0 unspecified atom stereocenters. The highest BCUT2D eigenvalue weighted by molar-refractivity contribution is 6.40. The standard InChI is InChI=1S/C26H17Cl2FN2O6/c1-36-25(34)16-4-8-18(9-5-16)31-24(33)19(23(32)30-26(31)35)10-15-11-20(27)22(21(28)12-15)37-13-14-2-6-17(29)7-3-14/h2-12H,13H2,1H3,(H,30,32,35)/b19-10+. The lowest BCUT2D eigenvalue weighted by atomic mass is 10.1. The Morgan fingerprint density at radius 2 is 1.62 bits per heavy atom. The van der Waals surface area contributed by atoms with Gasteiger partial charge in [0, 0.05) is 0 Å². The quantitative estimate of drug-likeness (QED) is 0.262. The van der Waals surface area contributed by atoms with E-state index in [-0.39, 0.29) is 45.0 Å². The Kier molecular flexibility index (Phi) is 7.56. The van der Waals surface area contributed by atoms with Gasteiger partial charge in [0.05, 0.1) is 28.4 Å². The fourth-order valence-electron chi connectivity index (χ4n) is 3.46. The van der Waals surface area contributed by atoms with Crippen molar-refractivity contribution in [1.82, 2.24) is 5.32 Å². The molecule has 1 heterocycles. The van der Waals surface area contributed by atoms with Gasteiger partial charge in [0.25, 0.3) is 11.8 Å². The van der Waals surface area contributed by atoms with Crippen LogP contribution in [0.2, 0.25) is 10.0 Å². The van der Waals surface area contributed by atoms with Crippen molar-refractivity contribution in [2.24, 2.45) is 0 Å². The molecule has 11 heteroatoms. The number of barbiturate groups is 1. The summed E-state index contributed by atoms with van der Waals surface area (Å²) in [6.07, 6.45) is 1.24. The maximum Gasteiger partial charge on any atom is 0.337 e. The number of nitrogens with zero attached hydrogens (tertiary/aromatic N) is 1. The zero-order chi connectivity index (χ0) is 26.7. The highest BCUT2D eigenvalue weighted by atomic mass is 35.5.